The third-order valence-corrected chi connectivity index (χ3v) is 6.47. The highest BCUT2D eigenvalue weighted by Gasteiger charge is 2.40. The van der Waals surface area contributed by atoms with Crippen LogP contribution in [0.3, 0.4) is 0 Å². The SMILES string of the molecule is CCCCc1ccc(N2C(=O)C(Nc3ccc(Cl)cc3)=C(Sc3ccccc3)C2=O)cc1. The van der Waals surface area contributed by atoms with E-state index in [0.717, 1.165) is 24.2 Å². The Morgan fingerprint density at radius 1 is 0.875 bits per heavy atom. The zero-order valence-electron chi connectivity index (χ0n) is 17.7. The van der Waals surface area contributed by atoms with Gasteiger partial charge in [-0.3, -0.25) is 9.59 Å². The van der Waals surface area contributed by atoms with Crippen molar-refractivity contribution < 1.29 is 9.59 Å². The maximum Gasteiger partial charge on any atom is 0.283 e. The van der Waals surface area contributed by atoms with Crippen LogP contribution in [0.2, 0.25) is 5.02 Å². The molecule has 1 heterocycles. The highest BCUT2D eigenvalue weighted by Crippen LogP contribution is 2.38. The predicted octanol–water partition coefficient (Wildman–Crippen LogP) is 6.67. The number of hydrogen-bond donors (Lipinski definition) is 1. The van der Waals surface area contributed by atoms with E-state index in [1.807, 2.05) is 54.6 Å². The van der Waals surface area contributed by atoms with Gasteiger partial charge in [0.15, 0.2) is 0 Å². The molecule has 162 valence electrons. The Kier molecular flexibility index (Phi) is 6.98. The van der Waals surface area contributed by atoms with Crippen molar-refractivity contribution >= 4 is 46.6 Å². The lowest BCUT2D eigenvalue weighted by atomic mass is 10.1. The molecule has 0 aliphatic carbocycles. The van der Waals surface area contributed by atoms with E-state index in [1.54, 1.807) is 24.3 Å². The third-order valence-electron chi connectivity index (χ3n) is 5.13. The second kappa shape index (κ2) is 10.1. The molecule has 0 unspecified atom stereocenters. The number of nitrogens with one attached hydrogen (secondary N) is 1. The van der Waals surface area contributed by atoms with Crippen LogP contribution in [0.25, 0.3) is 0 Å². The molecule has 4 nitrogen and oxygen atoms in total. The summed E-state index contributed by atoms with van der Waals surface area (Å²) in [7, 11) is 0. The summed E-state index contributed by atoms with van der Waals surface area (Å²) in [5, 5.41) is 3.74. The largest absolute Gasteiger partial charge is 0.350 e. The molecule has 0 fully saturated rings. The number of imide groups is 1. The Bertz CT molecular complexity index is 1140. The molecule has 1 aliphatic rings. The van der Waals surface area contributed by atoms with E-state index in [4.69, 9.17) is 11.6 Å². The van der Waals surface area contributed by atoms with Crippen LogP contribution in [-0.2, 0) is 16.0 Å². The van der Waals surface area contributed by atoms with Crippen molar-refractivity contribution in [3.63, 3.8) is 0 Å². The molecule has 32 heavy (non-hydrogen) atoms. The van der Waals surface area contributed by atoms with Crippen LogP contribution >= 0.6 is 23.4 Å². The van der Waals surface area contributed by atoms with E-state index in [-0.39, 0.29) is 17.5 Å². The predicted molar refractivity (Wildman–Crippen MR) is 132 cm³/mol. The summed E-state index contributed by atoms with van der Waals surface area (Å²) in [6, 6.07) is 24.3. The normalized spacial score (nSPS) is 13.8. The number of rotatable bonds is 8. The summed E-state index contributed by atoms with van der Waals surface area (Å²) in [6.07, 6.45) is 3.21. The Morgan fingerprint density at radius 3 is 2.22 bits per heavy atom. The fourth-order valence-electron chi connectivity index (χ4n) is 3.43. The number of hydrogen-bond acceptors (Lipinski definition) is 4. The molecule has 3 aromatic rings. The average molecular weight is 463 g/mol. The first-order valence-corrected chi connectivity index (χ1v) is 11.7. The monoisotopic (exact) mass is 462 g/mol. The number of anilines is 2. The maximum absolute atomic E-state index is 13.4. The van der Waals surface area contributed by atoms with Gasteiger partial charge in [0.1, 0.15) is 10.6 Å². The molecule has 1 aliphatic heterocycles. The van der Waals surface area contributed by atoms with Crippen LogP contribution < -0.4 is 10.2 Å². The first kappa shape index (κ1) is 22.2. The molecule has 0 radical (unpaired) electrons. The van der Waals surface area contributed by atoms with Crippen LogP contribution in [0.1, 0.15) is 25.3 Å². The second-order valence-corrected chi connectivity index (χ2v) is 8.99. The van der Waals surface area contributed by atoms with E-state index in [0.29, 0.717) is 21.3 Å². The Labute approximate surface area is 197 Å². The molecule has 6 heteroatoms. The summed E-state index contributed by atoms with van der Waals surface area (Å²) in [6.45, 7) is 2.16. The number of halogens is 1. The fraction of sp³-hybridized carbons (Fsp3) is 0.154. The zero-order valence-corrected chi connectivity index (χ0v) is 19.2. The average Bonchev–Trinajstić information content (AvgIpc) is 3.04. The minimum atomic E-state index is -0.371. The molecule has 0 spiro atoms. The van der Waals surface area contributed by atoms with Crippen molar-refractivity contribution in [2.24, 2.45) is 0 Å². The minimum absolute atomic E-state index is 0.265. The van der Waals surface area contributed by atoms with Crippen molar-refractivity contribution in [2.45, 2.75) is 31.1 Å². The molecule has 0 atom stereocenters. The molecule has 4 rings (SSSR count). The first-order chi connectivity index (χ1) is 15.6. The highest BCUT2D eigenvalue weighted by atomic mass is 35.5. The molecule has 2 amide bonds. The van der Waals surface area contributed by atoms with Gasteiger partial charge in [0, 0.05) is 15.6 Å². The summed E-state index contributed by atoms with van der Waals surface area (Å²) >= 11 is 7.28. The van der Waals surface area contributed by atoms with E-state index < -0.39 is 0 Å². The Hall–Kier alpha value is -3.02. The fourth-order valence-corrected chi connectivity index (χ4v) is 4.50. The number of amides is 2. The van der Waals surface area contributed by atoms with Crippen molar-refractivity contribution in [1.29, 1.82) is 0 Å². The highest BCUT2D eigenvalue weighted by molar-refractivity contribution is 8.04. The Morgan fingerprint density at radius 2 is 1.56 bits per heavy atom. The van der Waals surface area contributed by atoms with Gasteiger partial charge in [0.25, 0.3) is 11.8 Å². The van der Waals surface area contributed by atoms with E-state index in [2.05, 4.69) is 12.2 Å². The van der Waals surface area contributed by atoms with Gasteiger partial charge in [-0.2, -0.15) is 0 Å². The summed E-state index contributed by atoms with van der Waals surface area (Å²) in [5.74, 6) is -0.702. The lowest BCUT2D eigenvalue weighted by Gasteiger charge is -2.16. The van der Waals surface area contributed by atoms with Gasteiger partial charge in [-0.25, -0.2) is 4.90 Å². The number of thioether (sulfide) groups is 1. The number of carbonyl (C=O) groups is 2. The van der Waals surface area contributed by atoms with Gasteiger partial charge >= 0.3 is 0 Å². The van der Waals surface area contributed by atoms with E-state index >= 15 is 0 Å². The number of unbranched alkanes of at least 4 members (excludes halogenated alkanes) is 1. The van der Waals surface area contributed by atoms with Crippen molar-refractivity contribution in [3.8, 4) is 0 Å². The van der Waals surface area contributed by atoms with Crippen LogP contribution in [0.5, 0.6) is 0 Å². The lowest BCUT2D eigenvalue weighted by molar-refractivity contribution is -0.120. The second-order valence-electron chi connectivity index (χ2n) is 7.47. The van der Waals surface area contributed by atoms with Crippen LogP contribution in [0.4, 0.5) is 11.4 Å². The van der Waals surface area contributed by atoms with Crippen molar-refractivity contribution in [1.82, 2.24) is 0 Å². The molecule has 0 bridgehead atoms. The maximum atomic E-state index is 13.4. The molecular formula is C26H23ClN2O2S. The smallest absolute Gasteiger partial charge is 0.283 e. The molecule has 1 N–H and O–H groups in total. The van der Waals surface area contributed by atoms with Gasteiger partial charge in [-0.1, -0.05) is 67.0 Å². The van der Waals surface area contributed by atoms with Gasteiger partial charge in [0.05, 0.1) is 5.69 Å². The number of nitrogens with zero attached hydrogens (tertiary/aromatic N) is 1. The third kappa shape index (κ3) is 4.90. The summed E-state index contributed by atoms with van der Waals surface area (Å²) in [5.41, 5.74) is 2.72. The standard InChI is InChI=1S/C26H23ClN2O2S/c1-2-3-7-18-10-16-21(17-11-18)29-25(30)23(28-20-14-12-19(27)13-15-20)24(26(29)31)32-22-8-5-4-6-9-22/h4-6,8-17,28H,2-3,7H2,1H3. The molecular weight excluding hydrogens is 440 g/mol. The van der Waals surface area contributed by atoms with Gasteiger partial charge in [0.2, 0.25) is 0 Å². The van der Waals surface area contributed by atoms with Gasteiger partial charge in [-0.05, 0) is 66.9 Å². The quantitative estimate of drug-likeness (QED) is 0.380. The summed E-state index contributed by atoms with van der Waals surface area (Å²) < 4.78 is 0. The molecule has 0 saturated carbocycles. The number of benzene rings is 3. The molecule has 0 aromatic heterocycles. The molecule has 0 saturated heterocycles. The van der Waals surface area contributed by atoms with Crippen LogP contribution in [0.15, 0.2) is 94.4 Å². The van der Waals surface area contributed by atoms with Gasteiger partial charge < -0.3 is 5.32 Å². The van der Waals surface area contributed by atoms with E-state index in [1.165, 1.54) is 22.2 Å². The van der Waals surface area contributed by atoms with Gasteiger partial charge in [-0.15, -0.1) is 0 Å². The van der Waals surface area contributed by atoms with Crippen LogP contribution in [-0.4, -0.2) is 11.8 Å². The molecule has 3 aromatic carbocycles. The van der Waals surface area contributed by atoms with Crippen molar-refractivity contribution in [3.05, 3.63) is 100 Å². The van der Waals surface area contributed by atoms with Crippen molar-refractivity contribution in [2.75, 3.05) is 10.2 Å². The van der Waals surface area contributed by atoms with E-state index in [9.17, 15) is 9.59 Å². The number of aryl methyl sites for hydroxylation is 1. The Balaban J connectivity index is 1.66. The summed E-state index contributed by atoms with van der Waals surface area (Å²) in [4.78, 5) is 29.3. The first-order valence-electron chi connectivity index (χ1n) is 10.5. The number of carbonyl (C=O) groups excluding carboxylic acids is 2. The topological polar surface area (TPSA) is 49.4 Å². The lowest BCUT2D eigenvalue weighted by Crippen LogP contribution is -2.32. The zero-order chi connectivity index (χ0) is 22.5. The van der Waals surface area contributed by atoms with Crippen LogP contribution in [0, 0.1) is 0 Å². The minimum Gasteiger partial charge on any atom is -0.350 e.